The number of hydrogen-bond acceptors (Lipinski definition) is 1. The summed E-state index contributed by atoms with van der Waals surface area (Å²) in [6.07, 6.45) is 11.2. The van der Waals surface area contributed by atoms with Crippen LogP contribution in [0, 0.1) is 13.1 Å². The minimum Gasteiger partial charge on any atom is -0.530 e. The number of carbonyl (C=O) groups excluding carboxylic acids is 1. The van der Waals surface area contributed by atoms with Gasteiger partial charge >= 0.3 is 0 Å². The smallest absolute Gasteiger partial charge is 0.138 e. The molecule has 0 aromatic carbocycles. The Morgan fingerprint density at radius 2 is 2.06 bits per heavy atom. The second-order valence-electron chi connectivity index (χ2n) is 3.74. The van der Waals surface area contributed by atoms with E-state index in [0.717, 1.165) is 6.42 Å². The van der Waals surface area contributed by atoms with Crippen LogP contribution in [0.25, 0.3) is 0 Å². The minimum absolute atomic E-state index is 0. The largest absolute Gasteiger partial charge is 0.530 e. The molecule has 0 aromatic rings. The van der Waals surface area contributed by atoms with E-state index < -0.39 is 0 Å². The summed E-state index contributed by atoms with van der Waals surface area (Å²) in [4.78, 5) is 13.4. The predicted octanol–water partition coefficient (Wildman–Crippen LogP) is 3.28. The van der Waals surface area contributed by atoms with Crippen LogP contribution in [-0.2, 0) is 37.5 Å². The molecular formula is C14H21NOY-2. The first kappa shape index (κ1) is 19.1. The van der Waals surface area contributed by atoms with Crippen LogP contribution in [0.15, 0.2) is 29.9 Å². The summed E-state index contributed by atoms with van der Waals surface area (Å²) in [5.74, 6) is -0.0993. The topological polar surface area (TPSA) is 20.3 Å². The number of carbonyl (C=O) groups is 1. The zero-order valence-electron chi connectivity index (χ0n) is 11.2. The van der Waals surface area contributed by atoms with E-state index in [-0.39, 0.29) is 44.7 Å². The molecular weight excluding hydrogens is 287 g/mol. The van der Waals surface area contributed by atoms with Gasteiger partial charge in [0.2, 0.25) is 0 Å². The molecule has 0 aliphatic heterocycles. The van der Waals surface area contributed by atoms with Crippen LogP contribution in [-0.4, -0.2) is 16.8 Å². The fraction of sp³-hybridized carbons (Fsp3) is 0.429. The van der Waals surface area contributed by atoms with Crippen LogP contribution < -0.4 is 0 Å². The Labute approximate surface area is 131 Å². The summed E-state index contributed by atoms with van der Waals surface area (Å²) >= 11 is 0. The van der Waals surface area contributed by atoms with E-state index in [0.29, 0.717) is 5.57 Å². The van der Waals surface area contributed by atoms with Gasteiger partial charge in [0.05, 0.1) is 0 Å². The molecule has 0 bridgehead atoms. The number of nitrogens with zero attached hydrogens (tertiary/aromatic N) is 1. The van der Waals surface area contributed by atoms with E-state index in [4.69, 9.17) is 0 Å². The average Bonchev–Trinajstić information content (AvgIpc) is 2.27. The van der Waals surface area contributed by atoms with Gasteiger partial charge in [0.15, 0.2) is 0 Å². The molecule has 0 unspecified atom stereocenters. The molecule has 0 heterocycles. The first-order valence-electron chi connectivity index (χ1n) is 5.59. The maximum atomic E-state index is 12.0. The van der Waals surface area contributed by atoms with Crippen molar-refractivity contribution in [3.8, 4) is 0 Å². The molecule has 0 fully saturated rings. The maximum absolute atomic E-state index is 12.0. The third kappa shape index (κ3) is 7.67. The van der Waals surface area contributed by atoms with Crippen molar-refractivity contribution < 1.29 is 37.5 Å². The Morgan fingerprint density at radius 3 is 2.47 bits per heavy atom. The van der Waals surface area contributed by atoms with Gasteiger partial charge in [-0.25, -0.2) is 0 Å². The zero-order valence-corrected chi connectivity index (χ0v) is 14.1. The molecule has 0 rings (SSSR count). The van der Waals surface area contributed by atoms with Crippen molar-refractivity contribution in [1.29, 1.82) is 0 Å². The summed E-state index contributed by atoms with van der Waals surface area (Å²) in [6, 6.07) is 0.0879. The van der Waals surface area contributed by atoms with Gasteiger partial charge in [0.25, 0.3) is 0 Å². The normalized spacial score (nSPS) is 12.2. The molecule has 0 spiro atoms. The van der Waals surface area contributed by atoms with E-state index in [2.05, 4.69) is 13.1 Å². The SMILES string of the molecule is [CH2-]N(C(=O)C(=[C-]/C=C\C)/C=C\CC)C(C)C.[Y]. The molecule has 93 valence electrons. The zero-order chi connectivity index (χ0) is 12.6. The standard InChI is InChI=1S/C14H21NO.Y/c1-6-8-10-13(11-9-7-2)14(16)15(5)12(3)4;/h6,8-9,11-12H,5,7H2,1-4H3;/q-2;/b8-6-,11-9-;. The number of amides is 1. The first-order chi connectivity index (χ1) is 7.54. The van der Waals surface area contributed by atoms with Gasteiger partial charge in [-0.1, -0.05) is 19.4 Å². The molecule has 1 radical (unpaired) electrons. The van der Waals surface area contributed by atoms with Crippen molar-refractivity contribution in [3.05, 3.63) is 43.0 Å². The Morgan fingerprint density at radius 1 is 1.47 bits per heavy atom. The van der Waals surface area contributed by atoms with Gasteiger partial charge in [-0.05, 0) is 26.3 Å². The quantitative estimate of drug-likeness (QED) is 0.433. The number of allylic oxidation sites excluding steroid dienone is 4. The third-order valence-corrected chi connectivity index (χ3v) is 2.04. The summed E-state index contributed by atoms with van der Waals surface area (Å²) in [7, 11) is 3.74. The molecule has 3 heteroatoms. The summed E-state index contributed by atoms with van der Waals surface area (Å²) in [5, 5.41) is 0. The Balaban J connectivity index is 0. The summed E-state index contributed by atoms with van der Waals surface area (Å²) < 4.78 is 0. The van der Waals surface area contributed by atoms with Crippen LogP contribution >= 0.6 is 0 Å². The van der Waals surface area contributed by atoms with E-state index >= 15 is 0 Å². The Hall–Kier alpha value is -0.206. The summed E-state index contributed by atoms with van der Waals surface area (Å²) in [6.45, 7) is 7.78. The Bertz CT molecular complexity index is 303. The molecule has 0 aliphatic rings. The Kier molecular flexibility index (Phi) is 12.3. The van der Waals surface area contributed by atoms with Gasteiger partial charge in [0, 0.05) is 32.7 Å². The monoisotopic (exact) mass is 308 g/mol. The van der Waals surface area contributed by atoms with E-state index in [1.807, 2.05) is 39.8 Å². The van der Waals surface area contributed by atoms with Crippen molar-refractivity contribution >= 4 is 5.91 Å². The fourth-order valence-corrected chi connectivity index (χ4v) is 0.979. The molecule has 17 heavy (non-hydrogen) atoms. The molecule has 0 saturated carbocycles. The van der Waals surface area contributed by atoms with Gasteiger partial charge in [-0.15, -0.1) is 24.3 Å². The number of hydrogen-bond donors (Lipinski definition) is 0. The summed E-state index contributed by atoms with van der Waals surface area (Å²) in [5.41, 5.74) is 0.545. The van der Waals surface area contributed by atoms with E-state index in [1.165, 1.54) is 4.90 Å². The third-order valence-electron chi connectivity index (χ3n) is 2.04. The second-order valence-corrected chi connectivity index (χ2v) is 3.74. The minimum atomic E-state index is -0.0993. The second kappa shape index (κ2) is 10.9. The van der Waals surface area contributed by atoms with Crippen LogP contribution in [0.1, 0.15) is 34.1 Å². The van der Waals surface area contributed by atoms with Crippen molar-refractivity contribution in [2.24, 2.45) is 0 Å². The van der Waals surface area contributed by atoms with Crippen molar-refractivity contribution in [3.63, 3.8) is 0 Å². The van der Waals surface area contributed by atoms with Crippen LogP contribution in [0.2, 0.25) is 0 Å². The van der Waals surface area contributed by atoms with Gasteiger partial charge in [-0.2, -0.15) is 6.08 Å². The van der Waals surface area contributed by atoms with Crippen molar-refractivity contribution in [1.82, 2.24) is 4.90 Å². The molecule has 0 atom stereocenters. The van der Waals surface area contributed by atoms with Gasteiger partial charge in [-0.3, -0.25) is 7.05 Å². The van der Waals surface area contributed by atoms with Gasteiger partial charge in [0.1, 0.15) is 5.91 Å². The maximum Gasteiger partial charge on any atom is 0.138 e. The molecule has 0 aliphatic carbocycles. The van der Waals surface area contributed by atoms with Crippen LogP contribution in [0.5, 0.6) is 0 Å². The molecule has 0 N–H and O–H groups in total. The van der Waals surface area contributed by atoms with E-state index in [1.54, 1.807) is 12.2 Å². The van der Waals surface area contributed by atoms with E-state index in [9.17, 15) is 4.79 Å². The van der Waals surface area contributed by atoms with Gasteiger partial charge < -0.3 is 9.69 Å². The first-order valence-corrected chi connectivity index (χ1v) is 5.59. The molecule has 1 amide bonds. The fourth-order valence-electron chi connectivity index (χ4n) is 0.979. The average molecular weight is 308 g/mol. The molecule has 0 saturated heterocycles. The molecule has 2 nitrogen and oxygen atoms in total. The predicted molar refractivity (Wildman–Crippen MR) is 68.3 cm³/mol. The number of rotatable bonds is 5. The molecule has 0 aromatic heterocycles. The van der Waals surface area contributed by atoms with Crippen LogP contribution in [0.4, 0.5) is 0 Å². The van der Waals surface area contributed by atoms with Crippen molar-refractivity contribution in [2.45, 2.75) is 40.2 Å². The van der Waals surface area contributed by atoms with Crippen molar-refractivity contribution in [2.75, 3.05) is 0 Å². The van der Waals surface area contributed by atoms with Crippen LogP contribution in [0.3, 0.4) is 0 Å².